The largest absolute Gasteiger partial charge is 0.477 e. The minimum Gasteiger partial charge on any atom is -0.477 e. The molecule has 0 aliphatic carbocycles. The van der Waals surface area contributed by atoms with Gasteiger partial charge in [-0.1, -0.05) is 18.2 Å². The molecule has 3 aromatic rings. The minimum atomic E-state index is 0.00619. The smallest absolute Gasteiger partial charge is 0.262 e. The van der Waals surface area contributed by atoms with E-state index in [0.29, 0.717) is 17.9 Å². The zero-order valence-electron chi connectivity index (χ0n) is 15.8. The van der Waals surface area contributed by atoms with Gasteiger partial charge < -0.3 is 9.64 Å². The topological polar surface area (TPSA) is 60.2 Å². The SMILES string of the molecule is Cc1cccnc1OCC1CCN(c2nc3ccccc3c(=O)n2C)CC1. The molecule has 27 heavy (non-hydrogen) atoms. The first-order valence-electron chi connectivity index (χ1n) is 9.38. The van der Waals surface area contributed by atoms with Crippen molar-refractivity contribution < 1.29 is 4.74 Å². The van der Waals surface area contributed by atoms with Crippen molar-refractivity contribution in [2.24, 2.45) is 13.0 Å². The Morgan fingerprint density at radius 3 is 2.70 bits per heavy atom. The van der Waals surface area contributed by atoms with Crippen molar-refractivity contribution in [3.05, 3.63) is 58.5 Å². The molecule has 0 bridgehead atoms. The van der Waals surface area contributed by atoms with Gasteiger partial charge in [0.15, 0.2) is 0 Å². The van der Waals surface area contributed by atoms with Gasteiger partial charge in [-0.2, -0.15) is 0 Å². The lowest BCUT2D eigenvalue weighted by atomic mass is 9.98. The second-order valence-electron chi connectivity index (χ2n) is 7.16. The van der Waals surface area contributed by atoms with E-state index in [-0.39, 0.29) is 5.56 Å². The van der Waals surface area contributed by atoms with Crippen LogP contribution in [0.2, 0.25) is 0 Å². The molecular formula is C21H24N4O2. The third-order valence-electron chi connectivity index (χ3n) is 5.27. The first-order valence-corrected chi connectivity index (χ1v) is 9.38. The van der Waals surface area contributed by atoms with E-state index >= 15 is 0 Å². The number of aryl methyl sites for hydroxylation is 1. The molecule has 1 aromatic carbocycles. The van der Waals surface area contributed by atoms with Gasteiger partial charge in [0.2, 0.25) is 11.8 Å². The van der Waals surface area contributed by atoms with Gasteiger partial charge in [-0.15, -0.1) is 0 Å². The molecule has 0 unspecified atom stereocenters. The average molecular weight is 364 g/mol. The molecule has 3 heterocycles. The van der Waals surface area contributed by atoms with Crippen molar-refractivity contribution in [2.75, 3.05) is 24.6 Å². The number of rotatable bonds is 4. The van der Waals surface area contributed by atoms with Gasteiger partial charge in [0.05, 0.1) is 17.5 Å². The number of ether oxygens (including phenoxy) is 1. The van der Waals surface area contributed by atoms with Crippen LogP contribution in [0, 0.1) is 12.8 Å². The number of pyridine rings is 1. The molecule has 6 nitrogen and oxygen atoms in total. The number of anilines is 1. The van der Waals surface area contributed by atoms with E-state index in [0.717, 1.165) is 48.8 Å². The summed E-state index contributed by atoms with van der Waals surface area (Å²) in [5.74, 6) is 1.96. The average Bonchev–Trinajstić information content (AvgIpc) is 2.71. The lowest BCUT2D eigenvalue weighted by molar-refractivity contribution is 0.214. The molecule has 0 radical (unpaired) electrons. The molecule has 1 saturated heterocycles. The van der Waals surface area contributed by atoms with Crippen LogP contribution in [0.3, 0.4) is 0 Å². The third kappa shape index (κ3) is 3.52. The molecule has 4 rings (SSSR count). The van der Waals surface area contributed by atoms with Crippen molar-refractivity contribution >= 4 is 16.9 Å². The van der Waals surface area contributed by atoms with Crippen LogP contribution in [0.5, 0.6) is 5.88 Å². The second kappa shape index (κ2) is 7.39. The highest BCUT2D eigenvalue weighted by molar-refractivity contribution is 5.78. The van der Waals surface area contributed by atoms with Crippen molar-refractivity contribution in [3.63, 3.8) is 0 Å². The Bertz CT molecular complexity index is 1010. The Hall–Kier alpha value is -2.89. The quantitative estimate of drug-likeness (QED) is 0.712. The van der Waals surface area contributed by atoms with E-state index in [1.165, 1.54) is 0 Å². The summed E-state index contributed by atoms with van der Waals surface area (Å²) < 4.78 is 7.58. The molecule has 2 aromatic heterocycles. The number of piperidine rings is 1. The number of para-hydroxylation sites is 1. The highest BCUT2D eigenvalue weighted by atomic mass is 16.5. The van der Waals surface area contributed by atoms with Gasteiger partial charge in [-0.3, -0.25) is 9.36 Å². The molecule has 1 aliphatic rings. The molecular weight excluding hydrogens is 340 g/mol. The van der Waals surface area contributed by atoms with Crippen LogP contribution in [0.4, 0.5) is 5.95 Å². The van der Waals surface area contributed by atoms with E-state index in [4.69, 9.17) is 9.72 Å². The van der Waals surface area contributed by atoms with Gasteiger partial charge in [0, 0.05) is 31.9 Å². The molecule has 0 spiro atoms. The zero-order valence-corrected chi connectivity index (χ0v) is 15.8. The van der Waals surface area contributed by atoms with Gasteiger partial charge >= 0.3 is 0 Å². The Morgan fingerprint density at radius 2 is 1.93 bits per heavy atom. The van der Waals surface area contributed by atoms with E-state index < -0.39 is 0 Å². The first-order chi connectivity index (χ1) is 13.1. The minimum absolute atomic E-state index is 0.00619. The van der Waals surface area contributed by atoms with Crippen LogP contribution in [0.25, 0.3) is 10.9 Å². The van der Waals surface area contributed by atoms with Crippen LogP contribution in [0.15, 0.2) is 47.4 Å². The number of fused-ring (bicyclic) bond motifs is 1. The number of benzene rings is 1. The molecule has 0 atom stereocenters. The fourth-order valence-electron chi connectivity index (χ4n) is 3.61. The van der Waals surface area contributed by atoms with Gasteiger partial charge in [-0.05, 0) is 43.9 Å². The van der Waals surface area contributed by atoms with Gasteiger partial charge in [-0.25, -0.2) is 9.97 Å². The van der Waals surface area contributed by atoms with E-state index in [1.807, 2.05) is 43.3 Å². The molecule has 0 amide bonds. The summed E-state index contributed by atoms with van der Waals surface area (Å²) in [6.07, 6.45) is 3.78. The molecule has 1 aliphatic heterocycles. The van der Waals surface area contributed by atoms with Crippen LogP contribution < -0.4 is 15.2 Å². The highest BCUT2D eigenvalue weighted by Gasteiger charge is 2.23. The maximum atomic E-state index is 12.6. The molecule has 0 saturated carbocycles. The van der Waals surface area contributed by atoms with E-state index in [9.17, 15) is 4.79 Å². The lowest BCUT2D eigenvalue weighted by Crippen LogP contribution is -2.39. The van der Waals surface area contributed by atoms with Crippen molar-refractivity contribution in [3.8, 4) is 5.88 Å². The summed E-state index contributed by atoms with van der Waals surface area (Å²) in [7, 11) is 1.80. The standard InChI is InChI=1S/C21H24N4O2/c1-15-6-5-11-22-19(15)27-14-16-9-12-25(13-10-16)21-23-18-8-4-3-7-17(18)20(26)24(21)2/h3-8,11,16H,9-10,12-14H2,1-2H3. The van der Waals surface area contributed by atoms with Crippen LogP contribution >= 0.6 is 0 Å². The fraction of sp³-hybridized carbons (Fsp3) is 0.381. The molecule has 0 N–H and O–H groups in total. The van der Waals surface area contributed by atoms with Crippen molar-refractivity contribution in [1.29, 1.82) is 0 Å². The molecule has 140 valence electrons. The molecule has 1 fully saturated rings. The van der Waals surface area contributed by atoms with Gasteiger partial charge in [0.25, 0.3) is 5.56 Å². The Kier molecular flexibility index (Phi) is 4.79. The highest BCUT2D eigenvalue weighted by Crippen LogP contribution is 2.23. The Balaban J connectivity index is 1.44. The predicted octanol–water partition coefficient (Wildman–Crippen LogP) is 2.93. The fourth-order valence-corrected chi connectivity index (χ4v) is 3.61. The number of hydrogen-bond acceptors (Lipinski definition) is 5. The van der Waals surface area contributed by atoms with Crippen LogP contribution in [-0.2, 0) is 7.05 Å². The lowest BCUT2D eigenvalue weighted by Gasteiger charge is -2.33. The normalized spacial score (nSPS) is 15.3. The maximum Gasteiger partial charge on any atom is 0.262 e. The molecule has 6 heteroatoms. The zero-order chi connectivity index (χ0) is 18.8. The van der Waals surface area contributed by atoms with Crippen molar-refractivity contribution in [1.82, 2.24) is 14.5 Å². The monoisotopic (exact) mass is 364 g/mol. The predicted molar refractivity (Wildman–Crippen MR) is 106 cm³/mol. The number of nitrogens with zero attached hydrogens (tertiary/aromatic N) is 4. The third-order valence-corrected chi connectivity index (χ3v) is 5.27. The summed E-state index contributed by atoms with van der Waals surface area (Å²) >= 11 is 0. The summed E-state index contributed by atoms with van der Waals surface area (Å²) in [5.41, 5.74) is 1.82. The second-order valence-corrected chi connectivity index (χ2v) is 7.16. The summed E-state index contributed by atoms with van der Waals surface area (Å²) in [5, 5.41) is 0.665. The summed E-state index contributed by atoms with van der Waals surface area (Å²) in [6.45, 7) is 4.42. The van der Waals surface area contributed by atoms with Crippen LogP contribution in [0.1, 0.15) is 18.4 Å². The number of hydrogen-bond donors (Lipinski definition) is 0. The maximum absolute atomic E-state index is 12.6. The Labute approximate surface area is 158 Å². The Morgan fingerprint density at radius 1 is 1.15 bits per heavy atom. The first kappa shape index (κ1) is 17.5. The summed E-state index contributed by atoms with van der Waals surface area (Å²) in [6, 6.07) is 11.5. The van der Waals surface area contributed by atoms with Gasteiger partial charge in [0.1, 0.15) is 0 Å². The van der Waals surface area contributed by atoms with Crippen molar-refractivity contribution in [2.45, 2.75) is 19.8 Å². The van der Waals surface area contributed by atoms with E-state index in [2.05, 4.69) is 9.88 Å². The number of aromatic nitrogens is 3. The van der Waals surface area contributed by atoms with E-state index in [1.54, 1.807) is 17.8 Å². The summed E-state index contributed by atoms with van der Waals surface area (Å²) in [4.78, 5) is 23.9. The van der Waals surface area contributed by atoms with Crippen LogP contribution in [-0.4, -0.2) is 34.2 Å².